The highest BCUT2D eigenvalue weighted by Gasteiger charge is 2.40. The number of rotatable bonds is 5. The number of aryl methyl sites for hydroxylation is 1. The van der Waals surface area contributed by atoms with E-state index in [-0.39, 0.29) is 16.9 Å². The van der Waals surface area contributed by atoms with Crippen molar-refractivity contribution in [1.82, 2.24) is 20.0 Å². The second kappa shape index (κ2) is 7.36. The molecule has 27 heavy (non-hydrogen) atoms. The molecule has 0 aliphatic carbocycles. The molecular weight excluding hydrogens is 339 g/mol. The van der Waals surface area contributed by atoms with Crippen LogP contribution in [0.5, 0.6) is 0 Å². The van der Waals surface area contributed by atoms with Gasteiger partial charge in [0.25, 0.3) is 0 Å². The summed E-state index contributed by atoms with van der Waals surface area (Å²) in [5.74, 6) is -0.127. The van der Waals surface area contributed by atoms with Gasteiger partial charge < -0.3 is 5.32 Å². The smallest absolute Gasteiger partial charge is 0.127 e. The maximum absolute atomic E-state index is 14.4. The molecule has 2 heterocycles. The lowest BCUT2D eigenvalue weighted by Gasteiger charge is -2.49. The molecule has 0 saturated carbocycles. The highest BCUT2D eigenvalue weighted by atomic mass is 19.1. The highest BCUT2D eigenvalue weighted by molar-refractivity contribution is 5.20. The molecule has 1 aliphatic rings. The normalized spacial score (nSPS) is 19.6. The fourth-order valence-corrected chi connectivity index (χ4v) is 4.60. The molecule has 1 saturated heterocycles. The molecule has 1 aromatic heterocycles. The standard InChI is InChI=1S/C22H33FN4/c1-16-18(13-24-26(16)6)15-27(14-17-9-7-8-10-20(17)23)19-11-21(2,3)25-22(4,5)12-19/h7-10,13,19,25H,11-12,14-15H2,1-6H3. The molecule has 0 amide bonds. The fourth-order valence-electron chi connectivity index (χ4n) is 4.60. The third kappa shape index (κ3) is 4.77. The van der Waals surface area contributed by atoms with E-state index in [1.165, 1.54) is 11.3 Å². The Bertz CT molecular complexity index is 777. The summed E-state index contributed by atoms with van der Waals surface area (Å²) in [5.41, 5.74) is 3.23. The largest absolute Gasteiger partial charge is 0.307 e. The van der Waals surface area contributed by atoms with Crippen LogP contribution in [0.25, 0.3) is 0 Å². The molecular formula is C22H33FN4. The summed E-state index contributed by atoms with van der Waals surface area (Å²) in [7, 11) is 1.97. The molecule has 0 spiro atoms. The van der Waals surface area contributed by atoms with Gasteiger partial charge in [-0.3, -0.25) is 9.58 Å². The van der Waals surface area contributed by atoms with Crippen molar-refractivity contribution in [3.8, 4) is 0 Å². The maximum Gasteiger partial charge on any atom is 0.127 e. The third-order valence-corrected chi connectivity index (χ3v) is 5.73. The lowest BCUT2D eigenvalue weighted by molar-refractivity contribution is 0.0556. The van der Waals surface area contributed by atoms with Crippen molar-refractivity contribution in [2.24, 2.45) is 7.05 Å². The van der Waals surface area contributed by atoms with Gasteiger partial charge in [0.05, 0.1) is 6.20 Å². The lowest BCUT2D eigenvalue weighted by atomic mass is 9.78. The summed E-state index contributed by atoms with van der Waals surface area (Å²) >= 11 is 0. The number of piperidine rings is 1. The van der Waals surface area contributed by atoms with Gasteiger partial charge >= 0.3 is 0 Å². The van der Waals surface area contributed by atoms with Crippen LogP contribution in [0.3, 0.4) is 0 Å². The van der Waals surface area contributed by atoms with Gasteiger partial charge in [-0.05, 0) is 53.5 Å². The summed E-state index contributed by atoms with van der Waals surface area (Å²) in [6, 6.07) is 7.50. The number of hydrogen-bond acceptors (Lipinski definition) is 3. The van der Waals surface area contributed by atoms with E-state index in [2.05, 4.69) is 49.9 Å². The van der Waals surface area contributed by atoms with Crippen molar-refractivity contribution >= 4 is 0 Å². The van der Waals surface area contributed by atoms with Gasteiger partial charge in [-0.25, -0.2) is 4.39 Å². The minimum atomic E-state index is -0.127. The zero-order valence-corrected chi connectivity index (χ0v) is 17.5. The van der Waals surface area contributed by atoms with Crippen LogP contribution >= 0.6 is 0 Å². The van der Waals surface area contributed by atoms with E-state index in [4.69, 9.17) is 0 Å². The number of nitrogens with one attached hydrogen (secondary N) is 1. The Morgan fingerprint density at radius 1 is 1.11 bits per heavy atom. The lowest BCUT2D eigenvalue weighted by Crippen LogP contribution is -2.62. The zero-order valence-electron chi connectivity index (χ0n) is 17.5. The molecule has 0 unspecified atom stereocenters. The van der Waals surface area contributed by atoms with Crippen LogP contribution < -0.4 is 5.32 Å². The van der Waals surface area contributed by atoms with Crippen molar-refractivity contribution in [3.63, 3.8) is 0 Å². The van der Waals surface area contributed by atoms with E-state index in [1.54, 1.807) is 12.1 Å². The third-order valence-electron chi connectivity index (χ3n) is 5.73. The van der Waals surface area contributed by atoms with E-state index in [1.807, 2.05) is 30.1 Å². The number of aromatic nitrogens is 2. The van der Waals surface area contributed by atoms with E-state index >= 15 is 0 Å². The molecule has 1 fully saturated rings. The summed E-state index contributed by atoms with van der Waals surface area (Å²) in [6.45, 7) is 12.5. The molecule has 1 aliphatic heterocycles. The van der Waals surface area contributed by atoms with Gasteiger partial charge in [-0.2, -0.15) is 5.10 Å². The zero-order chi connectivity index (χ0) is 19.8. The molecule has 4 nitrogen and oxygen atoms in total. The second-order valence-electron chi connectivity index (χ2n) is 9.33. The summed E-state index contributed by atoms with van der Waals surface area (Å²) in [6.07, 6.45) is 4.01. The first kappa shape index (κ1) is 20.0. The number of halogens is 1. The van der Waals surface area contributed by atoms with Crippen molar-refractivity contribution in [3.05, 3.63) is 53.1 Å². The van der Waals surface area contributed by atoms with Gasteiger partial charge in [0, 0.05) is 54.1 Å². The van der Waals surface area contributed by atoms with Crippen molar-refractivity contribution in [1.29, 1.82) is 0 Å². The average Bonchev–Trinajstić information content (AvgIpc) is 2.85. The van der Waals surface area contributed by atoms with Gasteiger partial charge in [-0.15, -0.1) is 0 Å². The summed E-state index contributed by atoms with van der Waals surface area (Å²) < 4.78 is 16.3. The van der Waals surface area contributed by atoms with E-state index in [0.717, 1.165) is 24.9 Å². The first-order chi connectivity index (χ1) is 12.6. The Morgan fingerprint density at radius 3 is 2.26 bits per heavy atom. The molecule has 5 heteroatoms. The second-order valence-corrected chi connectivity index (χ2v) is 9.33. The van der Waals surface area contributed by atoms with Crippen LogP contribution in [-0.2, 0) is 20.1 Å². The van der Waals surface area contributed by atoms with E-state index in [9.17, 15) is 4.39 Å². The first-order valence-electron chi connectivity index (χ1n) is 9.81. The van der Waals surface area contributed by atoms with Crippen LogP contribution in [0.2, 0.25) is 0 Å². The number of hydrogen-bond donors (Lipinski definition) is 1. The number of benzene rings is 1. The minimum absolute atomic E-state index is 0.0455. The van der Waals surface area contributed by atoms with E-state index in [0.29, 0.717) is 12.6 Å². The highest BCUT2D eigenvalue weighted by Crippen LogP contribution is 2.33. The van der Waals surface area contributed by atoms with Gasteiger partial charge in [0.2, 0.25) is 0 Å². The minimum Gasteiger partial charge on any atom is -0.307 e. The predicted molar refractivity (Wildman–Crippen MR) is 108 cm³/mol. The quantitative estimate of drug-likeness (QED) is 0.855. The predicted octanol–water partition coefficient (Wildman–Crippen LogP) is 4.18. The molecule has 1 N–H and O–H groups in total. The fraction of sp³-hybridized carbons (Fsp3) is 0.591. The van der Waals surface area contributed by atoms with E-state index < -0.39 is 0 Å². The average molecular weight is 373 g/mol. The summed E-state index contributed by atoms with van der Waals surface area (Å²) in [5, 5.41) is 8.15. The van der Waals surface area contributed by atoms with Crippen LogP contribution in [-0.4, -0.2) is 31.8 Å². The van der Waals surface area contributed by atoms with Crippen LogP contribution in [0.15, 0.2) is 30.5 Å². The first-order valence-corrected chi connectivity index (χ1v) is 9.81. The van der Waals surface area contributed by atoms with Crippen molar-refractivity contribution in [2.45, 2.75) is 77.7 Å². The van der Waals surface area contributed by atoms with Gasteiger partial charge in [0.1, 0.15) is 5.82 Å². The monoisotopic (exact) mass is 372 g/mol. The van der Waals surface area contributed by atoms with Gasteiger partial charge in [0.15, 0.2) is 0 Å². The maximum atomic E-state index is 14.4. The Hall–Kier alpha value is -1.72. The SMILES string of the molecule is Cc1c(CN(Cc2ccccc2F)C2CC(C)(C)NC(C)(C)C2)cnn1C. The molecule has 0 atom stereocenters. The van der Waals surface area contributed by atoms with Crippen molar-refractivity contribution in [2.75, 3.05) is 0 Å². The van der Waals surface area contributed by atoms with Crippen LogP contribution in [0.1, 0.15) is 57.4 Å². The Morgan fingerprint density at radius 2 is 1.70 bits per heavy atom. The molecule has 148 valence electrons. The molecule has 3 rings (SSSR count). The van der Waals surface area contributed by atoms with Gasteiger partial charge in [-0.1, -0.05) is 18.2 Å². The molecule has 1 aromatic carbocycles. The molecule has 0 bridgehead atoms. The summed E-state index contributed by atoms with van der Waals surface area (Å²) in [4.78, 5) is 2.44. The molecule has 0 radical (unpaired) electrons. The van der Waals surface area contributed by atoms with Crippen molar-refractivity contribution < 1.29 is 4.39 Å². The van der Waals surface area contributed by atoms with Crippen LogP contribution in [0, 0.1) is 12.7 Å². The topological polar surface area (TPSA) is 33.1 Å². The Labute approximate surface area is 162 Å². The van der Waals surface area contributed by atoms with Crippen LogP contribution in [0.4, 0.5) is 4.39 Å². The number of nitrogens with zero attached hydrogens (tertiary/aromatic N) is 3. The molecule has 2 aromatic rings. The Kier molecular flexibility index (Phi) is 5.46. The Balaban J connectivity index is 1.91.